The number of thiophene rings is 1. The molecule has 0 unspecified atom stereocenters. The monoisotopic (exact) mass is 405 g/mol. The number of halogens is 1. The molecule has 0 fully saturated rings. The third-order valence-corrected chi connectivity index (χ3v) is 4.58. The van der Waals surface area contributed by atoms with Gasteiger partial charge in [0.2, 0.25) is 0 Å². The zero-order valence-electron chi connectivity index (χ0n) is 13.2. The third kappa shape index (κ3) is 5.14. The molecule has 0 saturated carbocycles. The number of hydrogen-bond acceptors (Lipinski definition) is 4. The Morgan fingerprint density at radius 1 is 1.21 bits per heavy atom. The number of nitrogens with zero attached hydrogens (tertiary/aromatic N) is 1. The molecule has 5 nitrogen and oxygen atoms in total. The molecule has 1 heterocycles. The van der Waals surface area contributed by atoms with Crippen LogP contribution in [0.25, 0.3) is 0 Å². The maximum absolute atomic E-state index is 12.2. The fraction of sp³-hybridized carbons (Fsp3) is 0.118. The lowest BCUT2D eigenvalue weighted by Gasteiger charge is -2.10. The van der Waals surface area contributed by atoms with E-state index in [2.05, 4.69) is 31.8 Å². The van der Waals surface area contributed by atoms with Gasteiger partial charge in [-0.2, -0.15) is 5.10 Å². The topological polar surface area (TPSA) is 70.6 Å². The van der Waals surface area contributed by atoms with Crippen molar-refractivity contribution in [2.24, 2.45) is 5.10 Å². The Morgan fingerprint density at radius 3 is 2.50 bits per heavy atom. The number of rotatable bonds is 5. The van der Waals surface area contributed by atoms with Crippen molar-refractivity contribution in [1.82, 2.24) is 10.7 Å². The number of hydrazone groups is 1. The zero-order valence-corrected chi connectivity index (χ0v) is 15.6. The second-order valence-corrected chi connectivity index (χ2v) is 6.92. The number of allylic oxidation sites excluding steroid dienone is 1. The molecule has 24 heavy (non-hydrogen) atoms. The van der Waals surface area contributed by atoms with Gasteiger partial charge < -0.3 is 5.32 Å². The van der Waals surface area contributed by atoms with Crippen LogP contribution in [0.15, 0.2) is 62.6 Å². The van der Waals surface area contributed by atoms with Gasteiger partial charge in [0.05, 0.1) is 6.21 Å². The summed E-state index contributed by atoms with van der Waals surface area (Å²) in [7, 11) is 0. The van der Waals surface area contributed by atoms with Crippen LogP contribution in [0.2, 0.25) is 0 Å². The zero-order chi connectivity index (χ0) is 17.5. The standard InChI is InChI=1S/C17H16BrN3O2S/c1-11(2)15(20-16(22)12-6-4-3-5-7-12)17(23)21-19-9-14-8-13(18)10-24-14/h3-10H,1-2H3,(H,20,22)(H,21,23)/b19-9+. The van der Waals surface area contributed by atoms with Gasteiger partial charge >= 0.3 is 0 Å². The van der Waals surface area contributed by atoms with Crippen LogP contribution < -0.4 is 10.7 Å². The van der Waals surface area contributed by atoms with E-state index in [0.717, 1.165) is 9.35 Å². The van der Waals surface area contributed by atoms with Crippen LogP contribution in [-0.4, -0.2) is 18.0 Å². The Bertz CT molecular complexity index is 793. The molecule has 0 saturated heterocycles. The number of carbonyl (C=O) groups is 2. The molecule has 0 aliphatic carbocycles. The van der Waals surface area contributed by atoms with Gasteiger partial charge in [-0.25, -0.2) is 5.43 Å². The maximum atomic E-state index is 12.2. The normalized spacial score (nSPS) is 10.5. The summed E-state index contributed by atoms with van der Waals surface area (Å²) in [4.78, 5) is 25.3. The number of hydrogen-bond donors (Lipinski definition) is 2. The summed E-state index contributed by atoms with van der Waals surface area (Å²) in [5.41, 5.74) is 3.78. The fourth-order valence-electron chi connectivity index (χ4n) is 1.79. The molecule has 0 bridgehead atoms. The molecule has 0 aliphatic rings. The van der Waals surface area contributed by atoms with E-state index >= 15 is 0 Å². The third-order valence-electron chi connectivity index (χ3n) is 2.95. The van der Waals surface area contributed by atoms with E-state index < -0.39 is 5.91 Å². The van der Waals surface area contributed by atoms with E-state index in [9.17, 15) is 9.59 Å². The molecule has 2 N–H and O–H groups in total. The molecule has 0 aliphatic heterocycles. The molecule has 0 atom stereocenters. The highest BCUT2D eigenvalue weighted by molar-refractivity contribution is 9.10. The summed E-state index contributed by atoms with van der Waals surface area (Å²) in [6.07, 6.45) is 1.55. The molecule has 1 aromatic carbocycles. The fourth-order valence-corrected chi connectivity index (χ4v) is 3.09. The number of benzene rings is 1. The number of nitrogens with one attached hydrogen (secondary N) is 2. The minimum Gasteiger partial charge on any atom is -0.317 e. The van der Waals surface area contributed by atoms with Crippen LogP contribution in [0.1, 0.15) is 29.1 Å². The summed E-state index contributed by atoms with van der Waals surface area (Å²) in [5, 5.41) is 8.47. The maximum Gasteiger partial charge on any atom is 0.287 e. The van der Waals surface area contributed by atoms with E-state index in [0.29, 0.717) is 11.1 Å². The lowest BCUT2D eigenvalue weighted by molar-refractivity contribution is -0.117. The van der Waals surface area contributed by atoms with Gasteiger partial charge in [-0.15, -0.1) is 11.3 Å². The smallest absolute Gasteiger partial charge is 0.287 e. The molecule has 0 radical (unpaired) electrons. The molecular weight excluding hydrogens is 390 g/mol. The average Bonchev–Trinajstić information content (AvgIpc) is 2.98. The van der Waals surface area contributed by atoms with Gasteiger partial charge in [0.15, 0.2) is 0 Å². The predicted molar refractivity (Wildman–Crippen MR) is 100 cm³/mol. The van der Waals surface area contributed by atoms with Gasteiger partial charge in [-0.3, -0.25) is 9.59 Å². The largest absolute Gasteiger partial charge is 0.317 e. The van der Waals surface area contributed by atoms with Crippen molar-refractivity contribution >= 4 is 45.3 Å². The summed E-state index contributed by atoms with van der Waals surface area (Å²) in [5.74, 6) is -0.806. The summed E-state index contributed by atoms with van der Waals surface area (Å²) >= 11 is 4.85. The van der Waals surface area contributed by atoms with Crippen molar-refractivity contribution < 1.29 is 9.59 Å². The Labute approximate surface area is 152 Å². The Kier molecular flexibility index (Phi) is 6.45. The molecule has 0 spiro atoms. The van der Waals surface area contributed by atoms with Crippen LogP contribution in [-0.2, 0) is 4.79 Å². The molecular formula is C17H16BrN3O2S. The van der Waals surface area contributed by atoms with Crippen molar-refractivity contribution in [3.63, 3.8) is 0 Å². The van der Waals surface area contributed by atoms with Gasteiger partial charge in [0.25, 0.3) is 11.8 Å². The molecule has 2 rings (SSSR count). The summed E-state index contributed by atoms with van der Waals surface area (Å²) < 4.78 is 0.959. The molecule has 1 aromatic heterocycles. The van der Waals surface area contributed by atoms with Gasteiger partial charge in [0, 0.05) is 20.3 Å². The summed E-state index contributed by atoms with van der Waals surface area (Å²) in [6, 6.07) is 10.6. The van der Waals surface area contributed by atoms with Crippen LogP contribution in [0, 0.1) is 0 Å². The van der Waals surface area contributed by atoms with Crippen LogP contribution in [0.4, 0.5) is 0 Å². The summed E-state index contributed by atoms with van der Waals surface area (Å²) in [6.45, 7) is 3.50. The first-order valence-corrected chi connectivity index (χ1v) is 8.76. The van der Waals surface area contributed by atoms with E-state index in [1.54, 1.807) is 44.3 Å². The van der Waals surface area contributed by atoms with Gasteiger partial charge in [-0.1, -0.05) is 18.2 Å². The highest BCUT2D eigenvalue weighted by Gasteiger charge is 2.15. The highest BCUT2D eigenvalue weighted by Crippen LogP contribution is 2.17. The lowest BCUT2D eigenvalue weighted by Crippen LogP contribution is -2.33. The van der Waals surface area contributed by atoms with Crippen molar-refractivity contribution in [3.05, 3.63) is 68.0 Å². The average molecular weight is 406 g/mol. The number of carbonyl (C=O) groups excluding carboxylic acids is 2. The highest BCUT2D eigenvalue weighted by atomic mass is 79.9. The molecule has 7 heteroatoms. The van der Waals surface area contributed by atoms with Crippen LogP contribution >= 0.6 is 27.3 Å². The quantitative estimate of drug-likeness (QED) is 0.452. The molecule has 2 aromatic rings. The SMILES string of the molecule is CC(C)=C(NC(=O)c1ccccc1)C(=O)N/N=C/c1cc(Br)cs1. The molecule has 2 amide bonds. The van der Waals surface area contributed by atoms with Crippen LogP contribution in [0.5, 0.6) is 0 Å². The second-order valence-electron chi connectivity index (χ2n) is 5.06. The minimum absolute atomic E-state index is 0.188. The van der Waals surface area contributed by atoms with E-state index in [1.165, 1.54) is 11.3 Å². The second kappa shape index (κ2) is 8.56. The number of amides is 2. The van der Waals surface area contributed by atoms with E-state index in [4.69, 9.17) is 0 Å². The predicted octanol–water partition coefficient (Wildman–Crippen LogP) is 3.68. The minimum atomic E-state index is -0.467. The first-order chi connectivity index (χ1) is 11.5. The molecule has 124 valence electrons. The first kappa shape index (κ1) is 18.1. The first-order valence-electron chi connectivity index (χ1n) is 7.08. The van der Waals surface area contributed by atoms with E-state index in [1.807, 2.05) is 17.5 Å². The van der Waals surface area contributed by atoms with Crippen molar-refractivity contribution in [3.8, 4) is 0 Å². The van der Waals surface area contributed by atoms with Crippen molar-refractivity contribution in [2.45, 2.75) is 13.8 Å². The Morgan fingerprint density at radius 2 is 1.92 bits per heavy atom. The van der Waals surface area contributed by atoms with Crippen LogP contribution in [0.3, 0.4) is 0 Å². The van der Waals surface area contributed by atoms with Gasteiger partial charge in [0.1, 0.15) is 5.70 Å². The Balaban J connectivity index is 2.02. The Hall–Kier alpha value is -2.25. The van der Waals surface area contributed by atoms with Crippen molar-refractivity contribution in [1.29, 1.82) is 0 Å². The van der Waals surface area contributed by atoms with E-state index in [-0.39, 0.29) is 11.6 Å². The lowest BCUT2D eigenvalue weighted by atomic mass is 10.2. The van der Waals surface area contributed by atoms with Crippen molar-refractivity contribution in [2.75, 3.05) is 0 Å². The van der Waals surface area contributed by atoms with Gasteiger partial charge in [-0.05, 0) is 53.5 Å².